The fraction of sp³-hybridized carbons (Fsp3) is 0.400. The quantitative estimate of drug-likeness (QED) is 0.502. The van der Waals surface area contributed by atoms with Gasteiger partial charge in [-0.05, 0) is 18.6 Å². The van der Waals surface area contributed by atoms with Crippen LogP contribution in [0.1, 0.15) is 17.2 Å². The third kappa shape index (κ3) is 1.53. The largest absolute Gasteiger partial charge is 0.364 e. The molecule has 3 unspecified atom stereocenters. The van der Waals surface area contributed by atoms with Crippen molar-refractivity contribution in [3.8, 4) is 0 Å². The van der Waals surface area contributed by atoms with Crippen molar-refractivity contribution in [2.75, 3.05) is 6.16 Å². The average Bonchev–Trinajstić information content (AvgIpc) is 2.85. The summed E-state index contributed by atoms with van der Waals surface area (Å²) in [6.07, 6.45) is 1.85. The fourth-order valence-corrected chi connectivity index (χ4v) is 1.73. The highest BCUT2D eigenvalue weighted by atomic mass is 31.0. The summed E-state index contributed by atoms with van der Waals surface area (Å²) in [5, 5.41) is 0. The molecule has 1 nitrogen and oxygen atoms in total. The molecular formula is C10H13OP. The topological polar surface area (TPSA) is 12.5 Å². The van der Waals surface area contributed by atoms with Crippen LogP contribution in [0.4, 0.5) is 0 Å². The van der Waals surface area contributed by atoms with Crippen molar-refractivity contribution < 1.29 is 4.74 Å². The minimum atomic E-state index is 0.364. The lowest BCUT2D eigenvalue weighted by molar-refractivity contribution is 0.385. The first-order chi connectivity index (χ1) is 5.81. The van der Waals surface area contributed by atoms with Crippen molar-refractivity contribution in [1.82, 2.24) is 0 Å². The predicted octanol–water partition coefficient (Wildman–Crippen LogP) is 2.31. The molecule has 1 aliphatic rings. The second kappa shape index (κ2) is 3.16. The van der Waals surface area contributed by atoms with E-state index >= 15 is 0 Å². The standard InChI is InChI=1S/C10H13OP/c1-7-2-4-8(5-3-7)10-9(6-12)11-10/h2-5,9-10H,6,12H2,1H3. The maximum absolute atomic E-state index is 5.47. The monoisotopic (exact) mass is 180 g/mol. The van der Waals surface area contributed by atoms with Crippen molar-refractivity contribution in [2.45, 2.75) is 19.1 Å². The van der Waals surface area contributed by atoms with E-state index < -0.39 is 0 Å². The van der Waals surface area contributed by atoms with E-state index in [4.69, 9.17) is 4.74 Å². The lowest BCUT2D eigenvalue weighted by atomic mass is 10.1. The van der Waals surface area contributed by atoms with E-state index in [1.807, 2.05) is 0 Å². The Morgan fingerprint density at radius 1 is 1.33 bits per heavy atom. The minimum Gasteiger partial charge on any atom is -0.364 e. The Hall–Kier alpha value is -0.390. The van der Waals surface area contributed by atoms with E-state index in [2.05, 4.69) is 40.4 Å². The summed E-state index contributed by atoms with van der Waals surface area (Å²) in [6, 6.07) is 8.58. The number of benzene rings is 1. The smallest absolute Gasteiger partial charge is 0.110 e. The molecule has 2 heteroatoms. The molecule has 0 bridgehead atoms. The highest BCUT2D eigenvalue weighted by molar-refractivity contribution is 7.16. The second-order valence-corrected chi connectivity index (χ2v) is 3.71. The molecule has 1 heterocycles. The molecule has 0 radical (unpaired) electrons. The number of hydrogen-bond donors (Lipinski definition) is 0. The first kappa shape index (κ1) is 8.22. The molecule has 1 aliphatic heterocycles. The molecule has 1 fully saturated rings. The molecular weight excluding hydrogens is 167 g/mol. The third-order valence-corrected chi connectivity index (χ3v) is 2.69. The lowest BCUT2D eigenvalue weighted by Crippen LogP contribution is -1.88. The van der Waals surface area contributed by atoms with Crippen molar-refractivity contribution in [3.05, 3.63) is 35.4 Å². The van der Waals surface area contributed by atoms with E-state index in [-0.39, 0.29) is 0 Å². The summed E-state index contributed by atoms with van der Waals surface area (Å²) in [7, 11) is 2.72. The minimum absolute atomic E-state index is 0.364. The highest BCUT2D eigenvalue weighted by Gasteiger charge is 2.38. The van der Waals surface area contributed by atoms with E-state index in [9.17, 15) is 0 Å². The van der Waals surface area contributed by atoms with Gasteiger partial charge in [-0.3, -0.25) is 0 Å². The molecule has 0 N–H and O–H groups in total. The van der Waals surface area contributed by atoms with E-state index in [1.54, 1.807) is 0 Å². The summed E-state index contributed by atoms with van der Waals surface area (Å²) in [6.45, 7) is 2.10. The van der Waals surface area contributed by atoms with Crippen molar-refractivity contribution in [1.29, 1.82) is 0 Å². The van der Waals surface area contributed by atoms with Gasteiger partial charge in [0.05, 0.1) is 6.10 Å². The Morgan fingerprint density at radius 2 is 2.00 bits per heavy atom. The van der Waals surface area contributed by atoms with Crippen LogP contribution in [0.3, 0.4) is 0 Å². The zero-order valence-electron chi connectivity index (χ0n) is 7.16. The van der Waals surface area contributed by atoms with Gasteiger partial charge < -0.3 is 4.74 Å². The van der Waals surface area contributed by atoms with Crippen LogP contribution in [0.2, 0.25) is 0 Å². The average molecular weight is 180 g/mol. The van der Waals surface area contributed by atoms with Crippen molar-refractivity contribution in [2.24, 2.45) is 0 Å². The Kier molecular flexibility index (Phi) is 2.16. The summed E-state index contributed by atoms with van der Waals surface area (Å²) >= 11 is 0. The number of rotatable bonds is 2. The molecule has 1 saturated heterocycles. The first-order valence-corrected chi connectivity index (χ1v) is 5.05. The molecule has 64 valence electrons. The zero-order chi connectivity index (χ0) is 8.55. The van der Waals surface area contributed by atoms with Gasteiger partial charge in [0.15, 0.2) is 0 Å². The van der Waals surface area contributed by atoms with Crippen LogP contribution < -0.4 is 0 Å². The summed E-state index contributed by atoms with van der Waals surface area (Å²) < 4.78 is 5.47. The van der Waals surface area contributed by atoms with Crippen LogP contribution in [0, 0.1) is 6.92 Å². The SMILES string of the molecule is Cc1ccc(C2OC2CP)cc1. The fourth-order valence-electron chi connectivity index (χ4n) is 1.37. The Bertz CT molecular complexity index is 268. The van der Waals surface area contributed by atoms with Gasteiger partial charge in [-0.25, -0.2) is 0 Å². The molecule has 1 aromatic carbocycles. The number of aryl methyl sites for hydroxylation is 1. The van der Waals surface area contributed by atoms with E-state index in [0.29, 0.717) is 12.2 Å². The molecule has 0 aromatic heterocycles. The Labute approximate surface area is 75.3 Å². The molecule has 3 atom stereocenters. The van der Waals surface area contributed by atoms with E-state index in [1.165, 1.54) is 11.1 Å². The Balaban J connectivity index is 2.10. The Morgan fingerprint density at radius 3 is 2.50 bits per heavy atom. The van der Waals surface area contributed by atoms with Gasteiger partial charge in [0.2, 0.25) is 0 Å². The van der Waals surface area contributed by atoms with Crippen LogP contribution in [0.5, 0.6) is 0 Å². The number of epoxide rings is 1. The highest BCUT2D eigenvalue weighted by Crippen LogP contribution is 2.39. The molecule has 0 amide bonds. The van der Waals surface area contributed by atoms with Crippen LogP contribution in [0.15, 0.2) is 24.3 Å². The number of ether oxygens (including phenoxy) is 1. The normalized spacial score (nSPS) is 27.2. The lowest BCUT2D eigenvalue weighted by Gasteiger charge is -1.95. The first-order valence-electron chi connectivity index (χ1n) is 4.23. The van der Waals surface area contributed by atoms with Gasteiger partial charge in [-0.1, -0.05) is 29.8 Å². The summed E-state index contributed by atoms with van der Waals surface area (Å²) in [5.74, 6) is 0. The molecule has 12 heavy (non-hydrogen) atoms. The van der Waals surface area contributed by atoms with Gasteiger partial charge in [0.25, 0.3) is 0 Å². The maximum atomic E-state index is 5.47. The summed E-state index contributed by atoms with van der Waals surface area (Å²) in [5.41, 5.74) is 2.62. The molecule has 0 aliphatic carbocycles. The van der Waals surface area contributed by atoms with Crippen LogP contribution in [0.25, 0.3) is 0 Å². The molecule has 1 aromatic rings. The van der Waals surface area contributed by atoms with Gasteiger partial charge in [-0.15, -0.1) is 9.24 Å². The maximum Gasteiger partial charge on any atom is 0.110 e. The summed E-state index contributed by atoms with van der Waals surface area (Å²) in [4.78, 5) is 0. The van der Waals surface area contributed by atoms with Crippen molar-refractivity contribution >= 4 is 9.24 Å². The van der Waals surface area contributed by atoms with E-state index in [0.717, 1.165) is 6.16 Å². The number of hydrogen-bond acceptors (Lipinski definition) is 1. The molecule has 0 spiro atoms. The third-order valence-electron chi connectivity index (χ3n) is 2.22. The predicted molar refractivity (Wildman–Crippen MR) is 53.4 cm³/mol. The van der Waals surface area contributed by atoms with Gasteiger partial charge >= 0.3 is 0 Å². The zero-order valence-corrected chi connectivity index (χ0v) is 8.31. The van der Waals surface area contributed by atoms with Crippen molar-refractivity contribution in [3.63, 3.8) is 0 Å². The van der Waals surface area contributed by atoms with Gasteiger partial charge in [0, 0.05) is 0 Å². The molecule has 0 saturated carbocycles. The van der Waals surface area contributed by atoms with Crippen LogP contribution in [-0.2, 0) is 4.74 Å². The van der Waals surface area contributed by atoms with Crippen LogP contribution >= 0.6 is 9.24 Å². The molecule has 2 rings (SSSR count). The van der Waals surface area contributed by atoms with Crippen LogP contribution in [-0.4, -0.2) is 12.3 Å². The second-order valence-electron chi connectivity index (χ2n) is 3.24. The van der Waals surface area contributed by atoms with Gasteiger partial charge in [-0.2, -0.15) is 0 Å². The van der Waals surface area contributed by atoms with Gasteiger partial charge in [0.1, 0.15) is 6.10 Å².